The second-order valence-electron chi connectivity index (χ2n) is 5.88. The van der Waals surface area contributed by atoms with Crippen LogP contribution in [0.4, 0.5) is 0 Å². The topological polar surface area (TPSA) is 76.7 Å². The summed E-state index contributed by atoms with van der Waals surface area (Å²) in [7, 11) is 4.73. The van der Waals surface area contributed by atoms with Gasteiger partial charge in [-0.2, -0.15) is 0 Å². The van der Waals surface area contributed by atoms with E-state index < -0.39 is 0 Å². The summed E-state index contributed by atoms with van der Waals surface area (Å²) in [5.74, 6) is 0.891. The summed E-state index contributed by atoms with van der Waals surface area (Å²) in [5.41, 5.74) is 2.31. The van der Waals surface area contributed by atoms with E-state index in [1.165, 1.54) is 6.08 Å². The number of hydrogen-bond donors (Lipinski definition) is 2. The monoisotopic (exact) mass is 368 g/mol. The quantitative estimate of drug-likeness (QED) is 0.737. The van der Waals surface area contributed by atoms with Crippen molar-refractivity contribution in [2.45, 2.75) is 13.0 Å². The van der Waals surface area contributed by atoms with Gasteiger partial charge >= 0.3 is 0 Å². The number of nitrogens with one attached hydrogen (secondary N) is 2. The lowest BCUT2D eigenvalue weighted by Crippen LogP contribution is -2.24. The summed E-state index contributed by atoms with van der Waals surface area (Å²) < 4.78 is 10.5. The van der Waals surface area contributed by atoms with Gasteiger partial charge in [-0.05, 0) is 48.4 Å². The number of methoxy groups -OCH3 is 2. The van der Waals surface area contributed by atoms with Crippen molar-refractivity contribution >= 4 is 17.9 Å². The van der Waals surface area contributed by atoms with Gasteiger partial charge in [0.1, 0.15) is 0 Å². The van der Waals surface area contributed by atoms with Gasteiger partial charge < -0.3 is 20.1 Å². The maximum Gasteiger partial charge on any atom is 0.251 e. The Hall–Kier alpha value is -3.28. The van der Waals surface area contributed by atoms with E-state index in [9.17, 15) is 9.59 Å². The molecule has 0 saturated heterocycles. The molecule has 2 amide bonds. The van der Waals surface area contributed by atoms with E-state index in [0.29, 0.717) is 17.1 Å². The van der Waals surface area contributed by atoms with Gasteiger partial charge in [-0.1, -0.05) is 18.2 Å². The molecule has 0 saturated carbocycles. The Morgan fingerprint density at radius 1 is 1.00 bits per heavy atom. The number of rotatable bonds is 7. The molecule has 0 heterocycles. The molecular formula is C21H24N2O4. The standard InChI is InChI=1S/C21H24N2O4/c1-14(17-10-11-18(26-3)19(13-17)27-4)23-20(24)12-7-15-5-8-16(9-6-15)21(25)22-2/h5-14H,1-4H3,(H,22,25)(H,23,24)/b12-7+. The average molecular weight is 368 g/mol. The third kappa shape index (κ3) is 5.34. The fraction of sp³-hybridized carbons (Fsp3) is 0.238. The van der Waals surface area contributed by atoms with E-state index in [0.717, 1.165) is 11.1 Å². The highest BCUT2D eigenvalue weighted by Gasteiger charge is 2.11. The van der Waals surface area contributed by atoms with E-state index in [2.05, 4.69) is 10.6 Å². The number of benzene rings is 2. The van der Waals surface area contributed by atoms with Crippen LogP contribution in [0.5, 0.6) is 11.5 Å². The molecule has 2 aromatic carbocycles. The molecule has 0 spiro atoms. The molecule has 0 aliphatic carbocycles. The molecule has 0 aliphatic heterocycles. The van der Waals surface area contributed by atoms with Crippen molar-refractivity contribution < 1.29 is 19.1 Å². The normalized spacial score (nSPS) is 11.7. The smallest absolute Gasteiger partial charge is 0.251 e. The summed E-state index contributed by atoms with van der Waals surface area (Å²) in [4.78, 5) is 23.7. The van der Waals surface area contributed by atoms with Gasteiger partial charge in [0.2, 0.25) is 5.91 Å². The number of amides is 2. The minimum Gasteiger partial charge on any atom is -0.493 e. The van der Waals surface area contributed by atoms with E-state index in [4.69, 9.17) is 9.47 Å². The molecule has 2 aromatic rings. The highest BCUT2D eigenvalue weighted by molar-refractivity contribution is 5.94. The van der Waals surface area contributed by atoms with E-state index >= 15 is 0 Å². The third-order valence-corrected chi connectivity index (χ3v) is 4.09. The zero-order chi connectivity index (χ0) is 19.8. The largest absolute Gasteiger partial charge is 0.493 e. The lowest BCUT2D eigenvalue weighted by molar-refractivity contribution is -0.117. The van der Waals surface area contributed by atoms with Gasteiger partial charge in [-0.25, -0.2) is 0 Å². The zero-order valence-corrected chi connectivity index (χ0v) is 15.9. The fourth-order valence-electron chi connectivity index (χ4n) is 2.53. The Bertz CT molecular complexity index is 829. The van der Waals surface area contributed by atoms with Gasteiger partial charge in [0.05, 0.1) is 20.3 Å². The molecule has 2 rings (SSSR count). The Kier molecular flexibility index (Phi) is 7.00. The van der Waals surface area contributed by atoms with Crippen LogP contribution < -0.4 is 20.1 Å². The average Bonchev–Trinajstić information content (AvgIpc) is 2.71. The van der Waals surface area contributed by atoms with E-state index in [1.54, 1.807) is 57.7 Å². The number of hydrogen-bond acceptors (Lipinski definition) is 4. The molecular weight excluding hydrogens is 344 g/mol. The van der Waals surface area contributed by atoms with Crippen molar-refractivity contribution in [3.8, 4) is 11.5 Å². The van der Waals surface area contributed by atoms with Crippen LogP contribution in [-0.4, -0.2) is 33.1 Å². The first-order valence-electron chi connectivity index (χ1n) is 8.51. The maximum atomic E-state index is 12.2. The minimum atomic E-state index is -0.215. The molecule has 142 valence electrons. The van der Waals surface area contributed by atoms with Crippen LogP contribution in [-0.2, 0) is 4.79 Å². The Morgan fingerprint density at radius 2 is 1.67 bits per heavy atom. The number of ether oxygens (including phenoxy) is 2. The van der Waals surface area contributed by atoms with Crippen molar-refractivity contribution in [2.75, 3.05) is 21.3 Å². The van der Waals surface area contributed by atoms with Crippen molar-refractivity contribution in [1.82, 2.24) is 10.6 Å². The lowest BCUT2D eigenvalue weighted by Gasteiger charge is -2.15. The third-order valence-electron chi connectivity index (χ3n) is 4.09. The van der Waals surface area contributed by atoms with Crippen molar-refractivity contribution in [1.29, 1.82) is 0 Å². The van der Waals surface area contributed by atoms with Crippen LogP contribution in [0.1, 0.15) is 34.5 Å². The predicted octanol–water partition coefficient (Wildman–Crippen LogP) is 2.95. The molecule has 0 bridgehead atoms. The van der Waals surface area contributed by atoms with E-state index in [-0.39, 0.29) is 17.9 Å². The summed E-state index contributed by atoms with van der Waals surface area (Å²) in [6.45, 7) is 1.89. The summed E-state index contributed by atoms with van der Waals surface area (Å²) in [6.07, 6.45) is 3.16. The summed E-state index contributed by atoms with van der Waals surface area (Å²) in [6, 6.07) is 12.3. The zero-order valence-electron chi connectivity index (χ0n) is 15.9. The van der Waals surface area contributed by atoms with Gasteiger partial charge in [0.15, 0.2) is 11.5 Å². The van der Waals surface area contributed by atoms with Crippen LogP contribution >= 0.6 is 0 Å². The first-order chi connectivity index (χ1) is 13.0. The first-order valence-corrected chi connectivity index (χ1v) is 8.51. The SMILES string of the molecule is CNC(=O)c1ccc(/C=C/C(=O)NC(C)c2ccc(OC)c(OC)c2)cc1. The van der Waals surface area contributed by atoms with Gasteiger partial charge in [0.25, 0.3) is 5.91 Å². The van der Waals surface area contributed by atoms with Crippen LogP contribution in [0.2, 0.25) is 0 Å². The van der Waals surface area contributed by atoms with Crippen molar-refractivity contribution in [3.05, 3.63) is 65.2 Å². The van der Waals surface area contributed by atoms with Gasteiger partial charge in [-0.3, -0.25) is 9.59 Å². The van der Waals surface area contributed by atoms with Crippen LogP contribution in [0.15, 0.2) is 48.5 Å². The van der Waals surface area contributed by atoms with Crippen LogP contribution in [0.25, 0.3) is 6.08 Å². The molecule has 0 aliphatic rings. The molecule has 0 fully saturated rings. The molecule has 27 heavy (non-hydrogen) atoms. The summed E-state index contributed by atoms with van der Waals surface area (Å²) in [5, 5.41) is 5.47. The van der Waals surface area contributed by atoms with E-state index in [1.807, 2.05) is 19.1 Å². The van der Waals surface area contributed by atoms with Gasteiger partial charge in [0, 0.05) is 18.7 Å². The highest BCUT2D eigenvalue weighted by atomic mass is 16.5. The van der Waals surface area contributed by atoms with Crippen molar-refractivity contribution in [2.24, 2.45) is 0 Å². The predicted molar refractivity (Wildman–Crippen MR) is 105 cm³/mol. The highest BCUT2D eigenvalue weighted by Crippen LogP contribution is 2.29. The second kappa shape index (κ2) is 9.43. The molecule has 6 nitrogen and oxygen atoms in total. The van der Waals surface area contributed by atoms with Crippen LogP contribution in [0, 0.1) is 0 Å². The lowest BCUT2D eigenvalue weighted by atomic mass is 10.1. The second-order valence-corrected chi connectivity index (χ2v) is 5.88. The molecule has 6 heteroatoms. The molecule has 2 N–H and O–H groups in total. The van der Waals surface area contributed by atoms with Gasteiger partial charge in [-0.15, -0.1) is 0 Å². The Morgan fingerprint density at radius 3 is 2.26 bits per heavy atom. The molecule has 1 atom stereocenters. The molecule has 0 radical (unpaired) electrons. The Labute approximate surface area is 159 Å². The maximum absolute atomic E-state index is 12.2. The molecule has 1 unspecified atom stereocenters. The number of carbonyl (C=O) groups is 2. The summed E-state index contributed by atoms with van der Waals surface area (Å²) >= 11 is 0. The molecule has 0 aromatic heterocycles. The Balaban J connectivity index is 2.00. The van der Waals surface area contributed by atoms with Crippen molar-refractivity contribution in [3.63, 3.8) is 0 Å². The van der Waals surface area contributed by atoms with Crippen LogP contribution in [0.3, 0.4) is 0 Å². The first kappa shape index (κ1) is 20.0. The number of carbonyl (C=O) groups excluding carboxylic acids is 2. The fourth-order valence-corrected chi connectivity index (χ4v) is 2.53. The minimum absolute atomic E-state index is 0.146.